The molecule has 1 saturated heterocycles. The quantitative estimate of drug-likeness (QED) is 0.884. The predicted octanol–water partition coefficient (Wildman–Crippen LogP) is 1.62. The molecule has 1 aliphatic rings. The number of rotatable bonds is 5. The van der Waals surface area contributed by atoms with Crippen LogP contribution in [-0.4, -0.2) is 44.9 Å². The van der Waals surface area contributed by atoms with Gasteiger partial charge in [-0.1, -0.05) is 0 Å². The summed E-state index contributed by atoms with van der Waals surface area (Å²) in [5.74, 6) is 0.241. The number of carbonyl (C=O) groups excluding carboxylic acids is 1. The van der Waals surface area contributed by atoms with Crippen molar-refractivity contribution in [2.45, 2.75) is 37.6 Å². The largest absolute Gasteiger partial charge is 0.497 e. The molecular formula is C16H24N2O4S. The molecule has 1 unspecified atom stereocenters. The number of nitrogens with one attached hydrogen (secondary N) is 1. The highest BCUT2D eigenvalue weighted by atomic mass is 32.2. The molecule has 0 aliphatic carbocycles. The summed E-state index contributed by atoms with van der Waals surface area (Å²) in [4.78, 5) is 12.4. The minimum Gasteiger partial charge on any atom is -0.497 e. The summed E-state index contributed by atoms with van der Waals surface area (Å²) in [6.07, 6.45) is 1.40. The number of carbonyl (C=O) groups is 1. The molecule has 128 valence electrons. The van der Waals surface area contributed by atoms with Gasteiger partial charge in [0.1, 0.15) is 5.75 Å². The smallest absolute Gasteiger partial charge is 0.243 e. The van der Waals surface area contributed by atoms with Gasteiger partial charge in [0.05, 0.1) is 17.9 Å². The Labute approximate surface area is 137 Å². The van der Waals surface area contributed by atoms with E-state index in [1.807, 2.05) is 13.8 Å². The number of sulfonamides is 1. The zero-order valence-corrected chi connectivity index (χ0v) is 14.6. The lowest BCUT2D eigenvalue weighted by molar-refractivity contribution is -0.126. The molecule has 6 nitrogen and oxygen atoms in total. The fourth-order valence-corrected chi connectivity index (χ4v) is 4.20. The lowest BCUT2D eigenvalue weighted by Crippen LogP contribution is -2.46. The highest BCUT2D eigenvalue weighted by Gasteiger charge is 2.33. The Kier molecular flexibility index (Phi) is 5.64. The first-order valence-corrected chi connectivity index (χ1v) is 9.23. The average molecular weight is 340 g/mol. The molecule has 0 aromatic heterocycles. The minimum absolute atomic E-state index is 0.0519. The Bertz CT molecular complexity index is 641. The highest BCUT2D eigenvalue weighted by Crippen LogP contribution is 2.25. The van der Waals surface area contributed by atoms with Gasteiger partial charge in [-0.05, 0) is 51.0 Å². The van der Waals surface area contributed by atoms with Crippen molar-refractivity contribution in [2.24, 2.45) is 5.92 Å². The number of piperidine rings is 1. The van der Waals surface area contributed by atoms with Crippen molar-refractivity contribution in [3.05, 3.63) is 24.3 Å². The first kappa shape index (κ1) is 17.7. The van der Waals surface area contributed by atoms with Gasteiger partial charge in [-0.25, -0.2) is 8.42 Å². The van der Waals surface area contributed by atoms with Crippen LogP contribution in [0.3, 0.4) is 0 Å². The molecule has 0 bridgehead atoms. The van der Waals surface area contributed by atoms with Crippen molar-refractivity contribution < 1.29 is 17.9 Å². The number of benzene rings is 1. The second kappa shape index (κ2) is 7.31. The van der Waals surface area contributed by atoms with Crippen molar-refractivity contribution in [1.82, 2.24) is 9.62 Å². The van der Waals surface area contributed by atoms with Crippen LogP contribution in [0.15, 0.2) is 29.2 Å². The third-order valence-corrected chi connectivity index (χ3v) is 5.76. The van der Waals surface area contributed by atoms with Gasteiger partial charge in [0.25, 0.3) is 0 Å². The Hall–Kier alpha value is -1.60. The van der Waals surface area contributed by atoms with Gasteiger partial charge in [-0.3, -0.25) is 4.79 Å². The van der Waals surface area contributed by atoms with Crippen LogP contribution in [0.4, 0.5) is 0 Å². The summed E-state index contributed by atoms with van der Waals surface area (Å²) in [6, 6.07) is 6.37. The first-order chi connectivity index (χ1) is 10.8. The molecule has 1 N–H and O–H groups in total. The maximum Gasteiger partial charge on any atom is 0.243 e. The van der Waals surface area contributed by atoms with E-state index in [0.717, 1.165) is 0 Å². The molecule has 0 saturated carbocycles. The van der Waals surface area contributed by atoms with E-state index < -0.39 is 10.0 Å². The van der Waals surface area contributed by atoms with Crippen LogP contribution in [-0.2, 0) is 14.8 Å². The summed E-state index contributed by atoms with van der Waals surface area (Å²) < 4.78 is 31.9. The third-order valence-electron chi connectivity index (χ3n) is 3.88. The Morgan fingerprint density at radius 3 is 2.52 bits per heavy atom. The molecule has 1 amide bonds. The third kappa shape index (κ3) is 4.23. The highest BCUT2D eigenvalue weighted by molar-refractivity contribution is 7.89. The maximum absolute atomic E-state index is 12.7. The lowest BCUT2D eigenvalue weighted by Gasteiger charge is -2.31. The molecule has 7 heteroatoms. The first-order valence-electron chi connectivity index (χ1n) is 7.79. The van der Waals surface area contributed by atoms with Gasteiger partial charge in [-0.2, -0.15) is 4.31 Å². The normalized spacial score (nSPS) is 19.6. The maximum atomic E-state index is 12.7. The van der Waals surface area contributed by atoms with E-state index in [-0.39, 0.29) is 29.3 Å². The zero-order valence-electron chi connectivity index (χ0n) is 13.8. The number of ether oxygens (including phenoxy) is 1. The minimum atomic E-state index is -3.58. The number of nitrogens with zero attached hydrogens (tertiary/aromatic N) is 1. The number of hydrogen-bond donors (Lipinski definition) is 1. The fraction of sp³-hybridized carbons (Fsp3) is 0.562. The molecule has 1 heterocycles. The average Bonchev–Trinajstić information content (AvgIpc) is 2.54. The summed E-state index contributed by atoms with van der Waals surface area (Å²) in [5.41, 5.74) is 0. The van der Waals surface area contributed by atoms with Crippen molar-refractivity contribution in [2.75, 3.05) is 20.2 Å². The molecule has 2 rings (SSSR count). The Balaban J connectivity index is 2.14. The van der Waals surface area contributed by atoms with Gasteiger partial charge in [0.15, 0.2) is 0 Å². The second-order valence-electron chi connectivity index (χ2n) is 6.04. The van der Waals surface area contributed by atoms with Crippen LogP contribution in [0.2, 0.25) is 0 Å². The van der Waals surface area contributed by atoms with E-state index in [0.29, 0.717) is 25.1 Å². The summed E-state index contributed by atoms with van der Waals surface area (Å²) in [7, 11) is -2.05. The predicted molar refractivity (Wildman–Crippen MR) is 87.8 cm³/mol. The molecule has 0 radical (unpaired) electrons. The molecule has 23 heavy (non-hydrogen) atoms. The topological polar surface area (TPSA) is 75.7 Å². The van der Waals surface area contributed by atoms with Gasteiger partial charge in [0.2, 0.25) is 15.9 Å². The molecule has 1 atom stereocenters. The molecule has 0 spiro atoms. The monoisotopic (exact) mass is 340 g/mol. The second-order valence-corrected chi connectivity index (χ2v) is 7.98. The van der Waals surface area contributed by atoms with Crippen molar-refractivity contribution in [3.8, 4) is 5.75 Å². The van der Waals surface area contributed by atoms with Crippen LogP contribution < -0.4 is 10.1 Å². The molecule has 1 aliphatic heterocycles. The molecular weight excluding hydrogens is 316 g/mol. The van der Waals surface area contributed by atoms with E-state index in [1.165, 1.54) is 23.5 Å². The van der Waals surface area contributed by atoms with Gasteiger partial charge in [0, 0.05) is 19.1 Å². The number of amides is 1. The Morgan fingerprint density at radius 1 is 1.30 bits per heavy atom. The van der Waals surface area contributed by atoms with Crippen molar-refractivity contribution >= 4 is 15.9 Å². The van der Waals surface area contributed by atoms with Crippen LogP contribution in [0, 0.1) is 5.92 Å². The van der Waals surface area contributed by atoms with Crippen LogP contribution >= 0.6 is 0 Å². The van der Waals surface area contributed by atoms with Crippen molar-refractivity contribution in [3.63, 3.8) is 0 Å². The molecule has 1 fully saturated rings. The fourth-order valence-electron chi connectivity index (χ4n) is 2.67. The molecule has 1 aromatic rings. The van der Waals surface area contributed by atoms with E-state index in [1.54, 1.807) is 12.1 Å². The number of hydrogen-bond acceptors (Lipinski definition) is 4. The zero-order chi connectivity index (χ0) is 17.0. The SMILES string of the molecule is COc1ccc(S(=O)(=O)N2CCCC(C(=O)NC(C)C)C2)cc1. The number of methoxy groups -OCH3 is 1. The van der Waals surface area contributed by atoms with Crippen LogP contribution in [0.5, 0.6) is 5.75 Å². The lowest BCUT2D eigenvalue weighted by atomic mass is 9.98. The van der Waals surface area contributed by atoms with E-state index in [2.05, 4.69) is 5.32 Å². The van der Waals surface area contributed by atoms with Gasteiger partial charge < -0.3 is 10.1 Å². The van der Waals surface area contributed by atoms with Crippen molar-refractivity contribution in [1.29, 1.82) is 0 Å². The summed E-state index contributed by atoms with van der Waals surface area (Å²) >= 11 is 0. The van der Waals surface area contributed by atoms with E-state index >= 15 is 0 Å². The molecule has 1 aromatic carbocycles. The standard InChI is InChI=1S/C16H24N2O4S/c1-12(2)17-16(19)13-5-4-10-18(11-13)23(20,21)15-8-6-14(22-3)7-9-15/h6-9,12-13H,4-5,10-11H2,1-3H3,(H,17,19). The summed E-state index contributed by atoms with van der Waals surface area (Å²) in [6.45, 7) is 4.46. The van der Waals surface area contributed by atoms with E-state index in [4.69, 9.17) is 4.74 Å². The van der Waals surface area contributed by atoms with Crippen LogP contribution in [0.25, 0.3) is 0 Å². The van der Waals surface area contributed by atoms with E-state index in [9.17, 15) is 13.2 Å². The van der Waals surface area contributed by atoms with Gasteiger partial charge in [-0.15, -0.1) is 0 Å². The summed E-state index contributed by atoms with van der Waals surface area (Å²) in [5, 5.41) is 2.86. The Morgan fingerprint density at radius 2 is 1.96 bits per heavy atom. The van der Waals surface area contributed by atoms with Gasteiger partial charge >= 0.3 is 0 Å². The van der Waals surface area contributed by atoms with Crippen LogP contribution in [0.1, 0.15) is 26.7 Å².